The quantitative estimate of drug-likeness (QED) is 0.0447. The highest BCUT2D eigenvalue weighted by Gasteiger charge is 2.48. The van der Waals surface area contributed by atoms with Gasteiger partial charge in [-0.05, 0) is 32.8 Å². The van der Waals surface area contributed by atoms with Crippen LogP contribution in [0.5, 0.6) is 5.75 Å². The van der Waals surface area contributed by atoms with Gasteiger partial charge in [0.25, 0.3) is 0 Å². The number of ether oxygens (including phenoxy) is 2. The predicted molar refractivity (Wildman–Crippen MR) is 213 cm³/mol. The van der Waals surface area contributed by atoms with E-state index in [-0.39, 0.29) is 12.0 Å². The van der Waals surface area contributed by atoms with Gasteiger partial charge in [0.15, 0.2) is 6.10 Å². The molecule has 290 valence electrons. The van der Waals surface area contributed by atoms with Crippen LogP contribution in [-0.4, -0.2) is 40.8 Å². The lowest BCUT2D eigenvalue weighted by Crippen LogP contribution is -2.58. The monoisotopic (exact) mass is 700 g/mol. The van der Waals surface area contributed by atoms with Gasteiger partial charge in [0.05, 0.1) is 6.04 Å². The Morgan fingerprint density at radius 3 is 1.56 bits per heavy atom. The number of fused-ring (bicyclic) bond motifs is 1. The van der Waals surface area contributed by atoms with Crippen LogP contribution >= 0.6 is 0 Å². The Hall–Kier alpha value is -1.66. The smallest absolute Gasteiger partial charge is 0.303 e. The molecule has 6 nitrogen and oxygen atoms in total. The fourth-order valence-corrected chi connectivity index (χ4v) is 7.65. The number of hydrogen-bond donors (Lipinski definition) is 1. The van der Waals surface area contributed by atoms with Crippen LogP contribution < -0.4 is 10.2 Å². The van der Waals surface area contributed by atoms with Gasteiger partial charge in [-0.1, -0.05) is 181 Å². The summed E-state index contributed by atoms with van der Waals surface area (Å²) in [5, 5.41) is 2.36. The second-order valence-corrected chi connectivity index (χ2v) is 15.9. The molecule has 6 heteroatoms. The summed E-state index contributed by atoms with van der Waals surface area (Å²) in [6.07, 6.45) is 41.3. The number of aromatic nitrogens is 1. The minimum atomic E-state index is -0.658. The van der Waals surface area contributed by atoms with Crippen molar-refractivity contribution in [3.63, 3.8) is 0 Å². The van der Waals surface area contributed by atoms with E-state index in [1.54, 1.807) is 6.20 Å². The van der Waals surface area contributed by atoms with E-state index in [0.717, 1.165) is 37.2 Å². The molecule has 1 N–H and O–H groups in total. The second kappa shape index (κ2) is 28.9. The molecule has 1 aromatic heterocycles. The molecule has 0 saturated heterocycles. The van der Waals surface area contributed by atoms with Crippen LogP contribution in [0.25, 0.3) is 0 Å². The van der Waals surface area contributed by atoms with Crippen molar-refractivity contribution in [3.05, 3.63) is 24.0 Å². The molecule has 1 aliphatic rings. The molecule has 0 bridgehead atoms. The zero-order valence-corrected chi connectivity index (χ0v) is 33.7. The number of hydrogen-bond acceptors (Lipinski definition) is 6. The van der Waals surface area contributed by atoms with E-state index in [1.807, 2.05) is 26.1 Å². The zero-order valence-electron chi connectivity index (χ0n) is 33.7. The van der Waals surface area contributed by atoms with Crippen molar-refractivity contribution < 1.29 is 14.3 Å². The number of pyridine rings is 1. The van der Waals surface area contributed by atoms with Gasteiger partial charge in [0.2, 0.25) is 0 Å². The number of unbranched alkanes of at least 4 members (excludes halogenated alkanes) is 26. The van der Waals surface area contributed by atoms with Gasteiger partial charge in [-0.3, -0.25) is 15.2 Å². The largest absolute Gasteiger partial charge is 0.483 e. The molecule has 50 heavy (non-hydrogen) atoms. The Labute approximate surface area is 310 Å². The number of nitrogens with one attached hydrogen (secondary N) is 1. The van der Waals surface area contributed by atoms with Crippen molar-refractivity contribution in [1.82, 2.24) is 15.4 Å². The van der Waals surface area contributed by atoms with E-state index in [0.29, 0.717) is 0 Å². The average Bonchev–Trinajstić information content (AvgIpc) is 3.09. The maximum Gasteiger partial charge on any atom is 0.303 e. The first-order valence-corrected chi connectivity index (χ1v) is 21.7. The molecule has 1 aliphatic heterocycles. The van der Waals surface area contributed by atoms with Gasteiger partial charge >= 0.3 is 5.97 Å². The van der Waals surface area contributed by atoms with Crippen LogP contribution in [0.3, 0.4) is 0 Å². The number of rotatable bonds is 33. The van der Waals surface area contributed by atoms with Gasteiger partial charge in [-0.2, -0.15) is 0 Å². The number of hydrazine groups is 1. The molecule has 2 rings (SSSR count). The molecule has 2 atom stereocenters. The lowest BCUT2D eigenvalue weighted by Gasteiger charge is -2.47. The number of nitrogens with zero attached hydrogens (tertiary/aromatic N) is 2. The van der Waals surface area contributed by atoms with Crippen molar-refractivity contribution in [3.8, 4) is 5.75 Å². The lowest BCUT2D eigenvalue weighted by molar-refractivity contribution is -0.171. The maximum absolute atomic E-state index is 12.4. The maximum atomic E-state index is 12.4. The Morgan fingerprint density at radius 2 is 1.12 bits per heavy atom. The Kier molecular flexibility index (Phi) is 25.7. The van der Waals surface area contributed by atoms with Crippen molar-refractivity contribution >= 4 is 5.97 Å². The highest BCUT2D eigenvalue weighted by Crippen LogP contribution is 2.43. The summed E-state index contributed by atoms with van der Waals surface area (Å²) >= 11 is 0. The summed E-state index contributed by atoms with van der Waals surface area (Å²) in [7, 11) is 0. The average molecular weight is 700 g/mol. The fraction of sp³-hybridized carbons (Fsp3) is 0.864. The SMILES string of the molecule is CCCCCCCCCCCCCCCCNN(CCCCCCCCCCCCCCCC)C1c2cnccc2OC(C)(C)C1OC(C)=O. The summed E-state index contributed by atoms with van der Waals surface area (Å²) in [6.45, 7) is 12.0. The third kappa shape index (κ3) is 19.8. The predicted octanol–water partition coefficient (Wildman–Crippen LogP) is 13.0. The number of carbonyl (C=O) groups is 1. The molecule has 0 saturated carbocycles. The van der Waals surface area contributed by atoms with Crippen LogP contribution in [0, 0.1) is 0 Å². The van der Waals surface area contributed by atoms with Crippen LogP contribution in [0.15, 0.2) is 18.5 Å². The van der Waals surface area contributed by atoms with Crippen LogP contribution in [0.2, 0.25) is 0 Å². The molecule has 2 heterocycles. The van der Waals surface area contributed by atoms with Crippen LogP contribution in [0.1, 0.15) is 226 Å². The zero-order chi connectivity index (χ0) is 36.1. The number of esters is 1. The van der Waals surface area contributed by atoms with Crippen molar-refractivity contribution in [2.24, 2.45) is 0 Å². The van der Waals surface area contributed by atoms with E-state index in [1.165, 1.54) is 174 Å². The van der Waals surface area contributed by atoms with E-state index in [9.17, 15) is 4.79 Å². The van der Waals surface area contributed by atoms with E-state index < -0.39 is 11.7 Å². The molecule has 0 fully saturated rings. The van der Waals surface area contributed by atoms with E-state index in [4.69, 9.17) is 9.47 Å². The summed E-state index contributed by atoms with van der Waals surface area (Å²) < 4.78 is 12.4. The first-order valence-electron chi connectivity index (χ1n) is 21.7. The Balaban J connectivity index is 1.79. The minimum Gasteiger partial charge on any atom is -0.483 e. The summed E-state index contributed by atoms with van der Waals surface area (Å²) in [4.78, 5) is 16.8. The topological polar surface area (TPSA) is 63.7 Å². The Morgan fingerprint density at radius 1 is 0.700 bits per heavy atom. The molecular formula is C44H81N3O3. The first kappa shape index (κ1) is 44.5. The third-order valence-electron chi connectivity index (χ3n) is 10.7. The summed E-state index contributed by atoms with van der Waals surface area (Å²) in [5.41, 5.74) is 4.16. The molecule has 2 unspecified atom stereocenters. The van der Waals surface area contributed by atoms with Crippen LogP contribution in [-0.2, 0) is 9.53 Å². The highest BCUT2D eigenvalue weighted by atomic mass is 16.6. The molecular weight excluding hydrogens is 619 g/mol. The lowest BCUT2D eigenvalue weighted by atomic mass is 9.86. The van der Waals surface area contributed by atoms with E-state index >= 15 is 0 Å². The van der Waals surface area contributed by atoms with Crippen molar-refractivity contribution in [2.75, 3.05) is 13.1 Å². The Bertz CT molecular complexity index is 954. The molecule has 0 spiro atoms. The fourth-order valence-electron chi connectivity index (χ4n) is 7.65. The van der Waals surface area contributed by atoms with Crippen molar-refractivity contribution in [2.45, 2.75) is 232 Å². The third-order valence-corrected chi connectivity index (χ3v) is 10.7. The molecule has 0 radical (unpaired) electrons. The van der Waals surface area contributed by atoms with Gasteiger partial charge < -0.3 is 9.47 Å². The molecule has 1 aromatic rings. The highest BCUT2D eigenvalue weighted by molar-refractivity contribution is 5.66. The van der Waals surface area contributed by atoms with Crippen LogP contribution in [0.4, 0.5) is 0 Å². The summed E-state index contributed by atoms with van der Waals surface area (Å²) in [5.74, 6) is 0.565. The van der Waals surface area contributed by atoms with Gasteiger partial charge in [-0.25, -0.2) is 5.01 Å². The van der Waals surface area contributed by atoms with Gasteiger partial charge in [-0.15, -0.1) is 0 Å². The van der Waals surface area contributed by atoms with Crippen molar-refractivity contribution in [1.29, 1.82) is 0 Å². The first-order chi connectivity index (χ1) is 24.4. The standard InChI is InChI=1S/C44H81N3O3/c1-6-8-10-12-14-16-18-20-22-24-26-28-30-32-35-46-47(37-33-31-29-27-25-23-21-19-17-15-13-11-9-7-2)42-40-38-45-36-34-41(40)50-44(4,5)43(42)49-39(3)48/h34,36,38,42-43,46H,6-33,35,37H2,1-5H3. The normalized spacial score (nSPS) is 16.8. The minimum absolute atomic E-state index is 0.153. The molecule has 0 amide bonds. The van der Waals surface area contributed by atoms with E-state index in [2.05, 4.69) is 29.3 Å². The van der Waals surface area contributed by atoms with Gasteiger partial charge in [0, 0.05) is 38.0 Å². The second-order valence-electron chi connectivity index (χ2n) is 15.9. The number of carbonyl (C=O) groups excluding carboxylic acids is 1. The van der Waals surface area contributed by atoms with Gasteiger partial charge in [0.1, 0.15) is 11.4 Å². The molecule has 0 aliphatic carbocycles. The summed E-state index contributed by atoms with van der Waals surface area (Å²) in [6, 6.07) is 1.80. The molecule has 0 aromatic carbocycles.